The number of ether oxygens (including phenoxy) is 2. The quantitative estimate of drug-likeness (QED) is 0.230. The lowest BCUT2D eigenvalue weighted by atomic mass is 9.72. The van der Waals surface area contributed by atoms with Crippen LogP contribution in [0.1, 0.15) is 83.3 Å². The van der Waals surface area contributed by atoms with Crippen LogP contribution in [0, 0.1) is 29.4 Å². The van der Waals surface area contributed by atoms with Crippen molar-refractivity contribution in [1.82, 2.24) is 0 Å². The Kier molecular flexibility index (Phi) is 10.3. The fraction of sp³-hybridized carbons (Fsp3) is 0.459. The zero-order valence-corrected chi connectivity index (χ0v) is 24.6. The molecule has 2 aliphatic rings. The second-order valence-electron chi connectivity index (χ2n) is 11.9. The summed E-state index contributed by atoms with van der Waals surface area (Å²) in [5.41, 5.74) is 4.24. The van der Waals surface area contributed by atoms with Crippen molar-refractivity contribution in [1.29, 1.82) is 0 Å². The first-order chi connectivity index (χ1) is 20.1. The van der Waals surface area contributed by atoms with Gasteiger partial charge in [0.1, 0.15) is 0 Å². The Morgan fingerprint density at radius 2 is 1.44 bits per heavy atom. The number of benzene rings is 3. The van der Waals surface area contributed by atoms with Gasteiger partial charge in [-0.15, -0.1) is 0 Å². The predicted octanol–water partition coefficient (Wildman–Crippen LogP) is 10.7. The van der Waals surface area contributed by atoms with E-state index in [0.717, 1.165) is 42.4 Å². The fourth-order valence-electron chi connectivity index (χ4n) is 6.66. The van der Waals surface area contributed by atoms with Crippen molar-refractivity contribution in [2.75, 3.05) is 13.2 Å². The molecule has 2 unspecified atom stereocenters. The standard InChI is InChI=1S/C37H44F2O2/c1-3-5-6-7-26-8-10-29(11-9-26)32-20-22-34(41-25-32)31-18-14-28(15-19-31)27-12-16-30(17-13-27)33-21-23-35(40-24-4-2)37(39)36(33)38/h3,5,12-19,21,23,26,29,32,34H,4,6-11,20,22,24-25H2,1-2H3/b5-3+. The summed E-state index contributed by atoms with van der Waals surface area (Å²) in [7, 11) is 0. The predicted molar refractivity (Wildman–Crippen MR) is 164 cm³/mol. The van der Waals surface area contributed by atoms with Gasteiger partial charge in [-0.3, -0.25) is 0 Å². The van der Waals surface area contributed by atoms with Crippen LogP contribution in [-0.4, -0.2) is 13.2 Å². The zero-order chi connectivity index (χ0) is 28.6. The molecule has 2 atom stereocenters. The van der Waals surface area contributed by atoms with Crippen LogP contribution < -0.4 is 4.74 Å². The molecule has 0 bridgehead atoms. The second kappa shape index (κ2) is 14.3. The van der Waals surface area contributed by atoms with Crippen LogP contribution in [0.5, 0.6) is 5.75 Å². The number of rotatable bonds is 10. The first-order valence-electron chi connectivity index (χ1n) is 15.6. The molecule has 1 saturated carbocycles. The average Bonchev–Trinajstić information content (AvgIpc) is 3.03. The minimum absolute atomic E-state index is 0.0411. The maximum atomic E-state index is 14.7. The second-order valence-corrected chi connectivity index (χ2v) is 11.9. The lowest BCUT2D eigenvalue weighted by molar-refractivity contribution is -0.0404. The molecular formula is C37H44F2O2. The van der Waals surface area contributed by atoms with E-state index in [0.29, 0.717) is 18.1 Å². The molecule has 218 valence electrons. The van der Waals surface area contributed by atoms with Crippen LogP contribution in [0.15, 0.2) is 72.8 Å². The van der Waals surface area contributed by atoms with Crippen LogP contribution >= 0.6 is 0 Å². The smallest absolute Gasteiger partial charge is 0.201 e. The van der Waals surface area contributed by atoms with Crippen molar-refractivity contribution in [2.24, 2.45) is 17.8 Å². The van der Waals surface area contributed by atoms with Gasteiger partial charge < -0.3 is 9.47 Å². The molecule has 1 aliphatic carbocycles. The van der Waals surface area contributed by atoms with E-state index in [-0.39, 0.29) is 17.4 Å². The highest BCUT2D eigenvalue weighted by Crippen LogP contribution is 2.41. The lowest BCUT2D eigenvalue weighted by Crippen LogP contribution is -2.29. The van der Waals surface area contributed by atoms with Crippen molar-refractivity contribution in [2.45, 2.75) is 77.7 Å². The van der Waals surface area contributed by atoms with E-state index in [1.54, 1.807) is 6.07 Å². The van der Waals surface area contributed by atoms with Crippen LogP contribution in [0.4, 0.5) is 8.78 Å². The third-order valence-electron chi connectivity index (χ3n) is 9.17. The van der Waals surface area contributed by atoms with Gasteiger partial charge in [-0.25, -0.2) is 4.39 Å². The van der Waals surface area contributed by atoms with Crippen LogP contribution in [0.25, 0.3) is 22.3 Å². The van der Waals surface area contributed by atoms with Crippen molar-refractivity contribution in [3.63, 3.8) is 0 Å². The fourth-order valence-corrected chi connectivity index (χ4v) is 6.66. The molecule has 0 spiro atoms. The molecule has 4 heteroatoms. The van der Waals surface area contributed by atoms with Gasteiger partial charge >= 0.3 is 0 Å². The molecule has 5 rings (SSSR count). The van der Waals surface area contributed by atoms with Crippen molar-refractivity contribution in [3.05, 3.63) is 90.0 Å². The van der Waals surface area contributed by atoms with Gasteiger partial charge in [0.2, 0.25) is 5.82 Å². The van der Waals surface area contributed by atoms with E-state index in [4.69, 9.17) is 9.47 Å². The molecule has 1 saturated heterocycles. The van der Waals surface area contributed by atoms with Gasteiger partial charge in [-0.05, 0) is 104 Å². The molecule has 0 amide bonds. The topological polar surface area (TPSA) is 18.5 Å². The van der Waals surface area contributed by atoms with Crippen LogP contribution in [0.3, 0.4) is 0 Å². The molecule has 0 N–H and O–H groups in total. The number of allylic oxidation sites excluding steroid dienone is 2. The van der Waals surface area contributed by atoms with Gasteiger partial charge in [-0.1, -0.05) is 80.4 Å². The average molecular weight is 559 g/mol. The third kappa shape index (κ3) is 7.27. The summed E-state index contributed by atoms with van der Waals surface area (Å²) < 4.78 is 40.9. The first-order valence-corrected chi connectivity index (χ1v) is 15.6. The summed E-state index contributed by atoms with van der Waals surface area (Å²) >= 11 is 0. The lowest BCUT2D eigenvalue weighted by Gasteiger charge is -2.38. The minimum Gasteiger partial charge on any atom is -0.490 e. The molecular weight excluding hydrogens is 514 g/mol. The van der Waals surface area contributed by atoms with Crippen LogP contribution in [-0.2, 0) is 4.74 Å². The molecule has 0 aromatic heterocycles. The molecule has 1 heterocycles. The normalized spacial score (nSPS) is 23.1. The highest BCUT2D eigenvalue weighted by Gasteiger charge is 2.31. The largest absolute Gasteiger partial charge is 0.490 e. The molecule has 2 fully saturated rings. The summed E-state index contributed by atoms with van der Waals surface area (Å²) in [4.78, 5) is 0. The number of halogens is 2. The highest BCUT2D eigenvalue weighted by atomic mass is 19.2. The van der Waals surface area contributed by atoms with E-state index in [1.807, 2.05) is 31.2 Å². The Morgan fingerprint density at radius 3 is 2.07 bits per heavy atom. The summed E-state index contributed by atoms with van der Waals surface area (Å²) in [6.07, 6.45) is 15.8. The monoisotopic (exact) mass is 558 g/mol. The Morgan fingerprint density at radius 1 is 0.780 bits per heavy atom. The van der Waals surface area contributed by atoms with Crippen molar-refractivity contribution >= 4 is 0 Å². The molecule has 41 heavy (non-hydrogen) atoms. The number of hydrogen-bond donors (Lipinski definition) is 0. The molecule has 0 radical (unpaired) electrons. The molecule has 2 nitrogen and oxygen atoms in total. The van der Waals surface area contributed by atoms with E-state index in [1.165, 1.54) is 56.6 Å². The summed E-state index contributed by atoms with van der Waals surface area (Å²) in [6, 6.07) is 19.3. The third-order valence-corrected chi connectivity index (χ3v) is 9.17. The van der Waals surface area contributed by atoms with E-state index in [9.17, 15) is 8.78 Å². The van der Waals surface area contributed by atoms with E-state index < -0.39 is 11.6 Å². The molecule has 1 aliphatic heterocycles. The van der Waals surface area contributed by atoms with Crippen molar-refractivity contribution in [3.8, 4) is 28.0 Å². The molecule has 3 aromatic carbocycles. The summed E-state index contributed by atoms with van der Waals surface area (Å²) in [6.45, 7) is 5.27. The first kappa shape index (κ1) is 29.5. The van der Waals surface area contributed by atoms with E-state index >= 15 is 0 Å². The summed E-state index contributed by atoms with van der Waals surface area (Å²) in [5, 5.41) is 0. The summed E-state index contributed by atoms with van der Waals surface area (Å²) in [5.74, 6) is 0.597. The van der Waals surface area contributed by atoms with Gasteiger partial charge in [0.25, 0.3) is 0 Å². The Hall–Kier alpha value is -2.98. The number of hydrogen-bond acceptors (Lipinski definition) is 2. The van der Waals surface area contributed by atoms with Crippen LogP contribution in [0.2, 0.25) is 0 Å². The SMILES string of the molecule is C/C=C/CCC1CCC(C2CCC(c3ccc(-c4ccc(-c5ccc(OCCC)c(F)c5F)cc4)cc3)OC2)CC1. The zero-order valence-electron chi connectivity index (χ0n) is 24.6. The minimum atomic E-state index is -0.935. The maximum absolute atomic E-state index is 14.7. The van der Waals surface area contributed by atoms with E-state index in [2.05, 4.69) is 43.3 Å². The van der Waals surface area contributed by atoms with Crippen molar-refractivity contribution < 1.29 is 18.3 Å². The molecule has 3 aromatic rings. The highest BCUT2D eigenvalue weighted by molar-refractivity contribution is 5.71. The Labute approximate surface area is 244 Å². The van der Waals surface area contributed by atoms with Gasteiger partial charge in [0, 0.05) is 5.56 Å². The maximum Gasteiger partial charge on any atom is 0.201 e. The Balaban J connectivity index is 1.14. The Bertz CT molecular complexity index is 1270. The van der Waals surface area contributed by atoms with Gasteiger partial charge in [0.05, 0.1) is 19.3 Å². The van der Waals surface area contributed by atoms with Gasteiger partial charge in [0.15, 0.2) is 11.6 Å². The van der Waals surface area contributed by atoms with Gasteiger partial charge in [-0.2, -0.15) is 4.39 Å².